The minimum Gasteiger partial charge on any atom is -0.316 e. The van der Waals surface area contributed by atoms with Crippen LogP contribution in [-0.2, 0) is 0 Å². The lowest BCUT2D eigenvalue weighted by Crippen LogP contribution is -2.59. The molecular formula is C14H31N3. The summed E-state index contributed by atoms with van der Waals surface area (Å²) >= 11 is 0. The first-order chi connectivity index (χ1) is 7.77. The number of likely N-dealkylation sites (N-methyl/N-ethyl adjacent to an activating group) is 1. The fraction of sp³-hybridized carbons (Fsp3) is 1.00. The summed E-state index contributed by atoms with van der Waals surface area (Å²) in [7, 11) is 2.24. The normalized spacial score (nSPS) is 22.9. The van der Waals surface area contributed by atoms with Crippen LogP contribution in [0.5, 0.6) is 0 Å². The predicted octanol–water partition coefficient (Wildman–Crippen LogP) is 1.65. The Bertz CT molecular complexity index is 236. The van der Waals surface area contributed by atoms with Crippen molar-refractivity contribution in [2.75, 3.05) is 46.3 Å². The summed E-state index contributed by atoms with van der Waals surface area (Å²) in [5.74, 6) is 0. The van der Waals surface area contributed by atoms with E-state index < -0.39 is 0 Å². The van der Waals surface area contributed by atoms with Gasteiger partial charge in [0.05, 0.1) is 0 Å². The number of nitrogens with zero attached hydrogens (tertiary/aromatic N) is 2. The average Bonchev–Trinajstić information content (AvgIpc) is 2.20. The van der Waals surface area contributed by atoms with Gasteiger partial charge in [-0.1, -0.05) is 20.8 Å². The van der Waals surface area contributed by atoms with E-state index in [4.69, 9.17) is 0 Å². The Morgan fingerprint density at radius 1 is 1.24 bits per heavy atom. The van der Waals surface area contributed by atoms with Crippen molar-refractivity contribution in [1.82, 2.24) is 15.1 Å². The van der Waals surface area contributed by atoms with Crippen LogP contribution in [0.4, 0.5) is 0 Å². The van der Waals surface area contributed by atoms with Crippen molar-refractivity contribution in [3.63, 3.8) is 0 Å². The quantitative estimate of drug-likeness (QED) is 0.789. The first-order valence-corrected chi connectivity index (χ1v) is 6.91. The fourth-order valence-corrected chi connectivity index (χ4v) is 2.60. The van der Waals surface area contributed by atoms with E-state index in [0.29, 0.717) is 11.0 Å². The van der Waals surface area contributed by atoms with Crippen LogP contribution in [0.25, 0.3) is 0 Å². The molecule has 0 aromatic carbocycles. The second-order valence-electron chi connectivity index (χ2n) is 6.89. The Kier molecular flexibility index (Phi) is 4.99. The molecule has 1 N–H and O–H groups in total. The van der Waals surface area contributed by atoms with Crippen molar-refractivity contribution in [2.45, 2.75) is 40.2 Å². The summed E-state index contributed by atoms with van der Waals surface area (Å²) < 4.78 is 0. The zero-order valence-electron chi connectivity index (χ0n) is 12.6. The lowest BCUT2D eigenvalue weighted by molar-refractivity contribution is 0.0218. The van der Waals surface area contributed by atoms with E-state index in [1.165, 1.54) is 26.2 Å². The van der Waals surface area contributed by atoms with E-state index in [9.17, 15) is 0 Å². The van der Waals surface area contributed by atoms with Crippen LogP contribution >= 0.6 is 0 Å². The Balaban J connectivity index is 2.47. The van der Waals surface area contributed by atoms with Crippen LogP contribution in [0.15, 0.2) is 0 Å². The third-order valence-corrected chi connectivity index (χ3v) is 3.90. The molecule has 0 amide bonds. The average molecular weight is 241 g/mol. The number of rotatable bonds is 5. The molecular weight excluding hydrogens is 210 g/mol. The first kappa shape index (κ1) is 14.9. The van der Waals surface area contributed by atoms with Crippen molar-refractivity contribution in [3.8, 4) is 0 Å². The molecule has 1 heterocycles. The maximum Gasteiger partial charge on any atom is 0.0277 e. The Hall–Kier alpha value is -0.120. The third kappa shape index (κ3) is 4.57. The predicted molar refractivity (Wildman–Crippen MR) is 75.5 cm³/mol. The summed E-state index contributed by atoms with van der Waals surface area (Å²) in [6.45, 7) is 18.5. The van der Waals surface area contributed by atoms with Crippen LogP contribution in [0, 0.1) is 5.41 Å². The molecule has 0 atom stereocenters. The second-order valence-corrected chi connectivity index (χ2v) is 6.89. The summed E-state index contributed by atoms with van der Waals surface area (Å²) in [6, 6.07) is 0. The maximum atomic E-state index is 3.47. The van der Waals surface area contributed by atoms with Gasteiger partial charge in [-0.05, 0) is 32.9 Å². The van der Waals surface area contributed by atoms with Gasteiger partial charge in [-0.3, -0.25) is 9.80 Å². The summed E-state index contributed by atoms with van der Waals surface area (Å²) in [6.07, 6.45) is 0. The summed E-state index contributed by atoms with van der Waals surface area (Å²) in [5, 5.41) is 3.47. The molecule has 17 heavy (non-hydrogen) atoms. The molecule has 1 rings (SSSR count). The van der Waals surface area contributed by atoms with Crippen molar-refractivity contribution in [1.29, 1.82) is 0 Å². The minimum absolute atomic E-state index is 0.312. The van der Waals surface area contributed by atoms with Gasteiger partial charge in [0, 0.05) is 38.3 Å². The van der Waals surface area contributed by atoms with E-state index in [2.05, 4.69) is 56.8 Å². The van der Waals surface area contributed by atoms with Crippen molar-refractivity contribution < 1.29 is 0 Å². The molecule has 3 nitrogen and oxygen atoms in total. The van der Waals surface area contributed by atoms with Gasteiger partial charge in [-0.25, -0.2) is 0 Å². The van der Waals surface area contributed by atoms with Crippen LogP contribution in [-0.4, -0.2) is 61.7 Å². The molecule has 1 fully saturated rings. The topological polar surface area (TPSA) is 18.5 Å². The van der Waals surface area contributed by atoms with Crippen molar-refractivity contribution >= 4 is 0 Å². The zero-order valence-corrected chi connectivity index (χ0v) is 12.6. The molecule has 0 radical (unpaired) electrons. The Morgan fingerprint density at radius 3 is 2.41 bits per heavy atom. The first-order valence-electron chi connectivity index (χ1n) is 6.91. The van der Waals surface area contributed by atoms with Gasteiger partial charge in [0.2, 0.25) is 0 Å². The Morgan fingerprint density at radius 2 is 1.88 bits per heavy atom. The van der Waals surface area contributed by atoms with Crippen LogP contribution in [0.3, 0.4) is 0 Å². The molecule has 0 saturated carbocycles. The lowest BCUT2D eigenvalue weighted by atomic mass is 9.90. The number of hydrogen-bond acceptors (Lipinski definition) is 3. The summed E-state index contributed by atoms with van der Waals surface area (Å²) in [5.41, 5.74) is 0.675. The number of hydrogen-bond donors (Lipinski definition) is 1. The SMILES string of the molecule is CCNCC(C)(C)CN1CCN(C)C(C)(C)C1. The van der Waals surface area contributed by atoms with Gasteiger partial charge in [0.25, 0.3) is 0 Å². The molecule has 3 heteroatoms. The lowest BCUT2D eigenvalue weighted by Gasteiger charge is -2.47. The van der Waals surface area contributed by atoms with Crippen LogP contribution < -0.4 is 5.32 Å². The van der Waals surface area contributed by atoms with Gasteiger partial charge in [-0.15, -0.1) is 0 Å². The van der Waals surface area contributed by atoms with Gasteiger partial charge in [-0.2, -0.15) is 0 Å². The monoisotopic (exact) mass is 241 g/mol. The highest BCUT2D eigenvalue weighted by Gasteiger charge is 2.33. The molecule has 0 bridgehead atoms. The van der Waals surface area contributed by atoms with E-state index in [0.717, 1.165) is 13.1 Å². The number of nitrogens with one attached hydrogen (secondary N) is 1. The standard InChI is InChI=1S/C14H31N3/c1-7-15-10-13(2,3)11-17-9-8-16(6)14(4,5)12-17/h15H,7-12H2,1-6H3. The van der Waals surface area contributed by atoms with Crippen molar-refractivity contribution in [3.05, 3.63) is 0 Å². The van der Waals surface area contributed by atoms with Crippen LogP contribution in [0.1, 0.15) is 34.6 Å². The van der Waals surface area contributed by atoms with E-state index in [1.807, 2.05) is 0 Å². The maximum absolute atomic E-state index is 3.47. The molecule has 0 aromatic heterocycles. The van der Waals surface area contributed by atoms with E-state index in [-0.39, 0.29) is 0 Å². The zero-order chi connectivity index (χ0) is 13.1. The number of piperazine rings is 1. The van der Waals surface area contributed by atoms with Gasteiger partial charge >= 0.3 is 0 Å². The van der Waals surface area contributed by atoms with E-state index >= 15 is 0 Å². The molecule has 102 valence electrons. The highest BCUT2D eigenvalue weighted by molar-refractivity contribution is 4.90. The smallest absolute Gasteiger partial charge is 0.0277 e. The highest BCUT2D eigenvalue weighted by Crippen LogP contribution is 2.23. The molecule has 0 aromatic rings. The minimum atomic E-state index is 0.312. The second kappa shape index (κ2) is 5.68. The highest BCUT2D eigenvalue weighted by atomic mass is 15.3. The fourth-order valence-electron chi connectivity index (χ4n) is 2.60. The van der Waals surface area contributed by atoms with Crippen molar-refractivity contribution in [2.24, 2.45) is 5.41 Å². The van der Waals surface area contributed by atoms with Crippen LogP contribution in [0.2, 0.25) is 0 Å². The largest absolute Gasteiger partial charge is 0.316 e. The van der Waals surface area contributed by atoms with Gasteiger partial charge in [0.15, 0.2) is 0 Å². The molecule has 0 aliphatic carbocycles. The molecule has 0 spiro atoms. The van der Waals surface area contributed by atoms with Gasteiger partial charge in [0.1, 0.15) is 0 Å². The molecule has 1 saturated heterocycles. The van der Waals surface area contributed by atoms with Gasteiger partial charge < -0.3 is 5.32 Å². The Labute approximate surface area is 108 Å². The molecule has 1 aliphatic heterocycles. The summed E-state index contributed by atoms with van der Waals surface area (Å²) in [4.78, 5) is 5.10. The molecule has 0 unspecified atom stereocenters. The third-order valence-electron chi connectivity index (χ3n) is 3.90. The molecule has 1 aliphatic rings. The van der Waals surface area contributed by atoms with E-state index in [1.54, 1.807) is 0 Å².